The molecule has 4 nitrogen and oxygen atoms in total. The van der Waals surface area contributed by atoms with E-state index in [0.717, 1.165) is 0 Å². The van der Waals surface area contributed by atoms with Crippen LogP contribution in [-0.2, 0) is 10.1 Å². The molecular weight excluding hydrogens is 492 g/mol. The van der Waals surface area contributed by atoms with Crippen LogP contribution in [0.3, 0.4) is 0 Å². The summed E-state index contributed by atoms with van der Waals surface area (Å²) in [6.45, 7) is 0. The first kappa shape index (κ1) is 31.1. The molecule has 0 heterocycles. The van der Waals surface area contributed by atoms with E-state index in [2.05, 4.69) is 5.32 Å². The topological polar surface area (TPSA) is 66.4 Å². The summed E-state index contributed by atoms with van der Waals surface area (Å²) in [5, 5.41) is -4.71. The van der Waals surface area contributed by atoms with Crippen LogP contribution < -0.4 is 5.32 Å². The highest BCUT2D eigenvalue weighted by molar-refractivity contribution is 7.87. The Morgan fingerprint density at radius 3 is 1.37 bits per heavy atom. The minimum atomic E-state index is -8.05. The highest BCUT2D eigenvalue weighted by atomic mass is 32.2. The first-order valence-corrected chi connectivity index (χ1v) is 8.39. The van der Waals surface area contributed by atoms with E-state index in [0.29, 0.717) is 0 Å². The van der Waals surface area contributed by atoms with Gasteiger partial charge in [0.25, 0.3) is 0 Å². The van der Waals surface area contributed by atoms with Gasteiger partial charge >= 0.3 is 45.2 Å². The Bertz CT molecular complexity index is 661. The van der Waals surface area contributed by atoms with E-state index >= 15 is 0 Å². The zero-order chi connectivity index (χ0) is 25.2. The van der Waals surface area contributed by atoms with Crippen molar-refractivity contribution in [1.29, 1.82) is 0 Å². The van der Waals surface area contributed by atoms with Crippen LogP contribution in [0.25, 0.3) is 0 Å². The summed E-state index contributed by atoms with van der Waals surface area (Å²) in [5.41, 5.74) is 0. The molecule has 0 aromatic heterocycles. The summed E-state index contributed by atoms with van der Waals surface area (Å²) in [6, 6.07) is 0. The van der Waals surface area contributed by atoms with Gasteiger partial charge in [0.05, 0.1) is 0 Å². The molecule has 0 bridgehead atoms. The normalized spacial score (nSPS) is 16.0. The molecule has 1 unspecified atom stereocenters. The second kappa shape index (κ2) is 9.17. The zero-order valence-electron chi connectivity index (χ0n) is 14.5. The van der Waals surface area contributed by atoms with Crippen LogP contribution >= 0.6 is 0 Å². The molecule has 184 valence electrons. The van der Waals surface area contributed by atoms with Gasteiger partial charge in [0.1, 0.15) is 0 Å². The van der Waals surface area contributed by atoms with Gasteiger partial charge in [-0.3, -0.25) is 4.55 Å². The molecule has 0 aliphatic heterocycles. The molecular formula is C11H13F14NO3S. The van der Waals surface area contributed by atoms with Crippen molar-refractivity contribution < 1.29 is 74.4 Å². The van der Waals surface area contributed by atoms with Gasteiger partial charge < -0.3 is 5.32 Å². The van der Waals surface area contributed by atoms with Crippen molar-refractivity contribution in [3.63, 3.8) is 0 Å². The van der Waals surface area contributed by atoms with Gasteiger partial charge in [0.2, 0.25) is 0 Å². The van der Waals surface area contributed by atoms with Gasteiger partial charge in [-0.05, 0) is 20.5 Å². The molecule has 0 aromatic carbocycles. The average Bonchev–Trinajstić information content (AvgIpc) is 2.50. The molecule has 0 fully saturated rings. The maximum atomic E-state index is 13.2. The lowest BCUT2D eigenvalue weighted by Gasteiger charge is -2.39. The number of hydrogen-bond acceptors (Lipinski definition) is 3. The van der Waals surface area contributed by atoms with Crippen molar-refractivity contribution in [2.45, 2.75) is 54.1 Å². The largest absolute Gasteiger partial charge is 0.438 e. The Kier molecular flexibility index (Phi) is 9.50. The zero-order valence-corrected chi connectivity index (χ0v) is 15.3. The highest BCUT2D eigenvalue weighted by Gasteiger charge is 2.89. The second-order valence-corrected chi connectivity index (χ2v) is 6.92. The number of alkyl halides is 14. The van der Waals surface area contributed by atoms with Gasteiger partial charge in [-0.2, -0.15) is 65.5 Å². The minimum absolute atomic E-state index is 1.88. The number of nitrogens with one attached hydrogen (secondary N) is 1. The Balaban J connectivity index is 0. The number of halogens is 14. The second-order valence-electron chi connectivity index (χ2n) is 5.46. The molecule has 1 atom stereocenters. The summed E-state index contributed by atoms with van der Waals surface area (Å²) in [7, 11) is -3.83. The lowest BCUT2D eigenvalue weighted by Crippen LogP contribution is -2.70. The standard InChI is InChI=1S/C9H6F14O3S.C2H7N/c10-3(1-2-4(11,12)13)5(14,15)6(16,17)7(18,19)8(20,21)9(22,23)27(24,25)26;1-3-2/h3H,1-2H2,(H,24,25,26);3H,1-2H3. The fourth-order valence-electron chi connectivity index (χ4n) is 1.42. The predicted molar refractivity (Wildman–Crippen MR) is 71.5 cm³/mol. The molecule has 0 saturated heterocycles. The van der Waals surface area contributed by atoms with Crippen molar-refractivity contribution in [2.24, 2.45) is 0 Å². The Morgan fingerprint density at radius 1 is 0.767 bits per heavy atom. The van der Waals surface area contributed by atoms with Crippen molar-refractivity contribution in [2.75, 3.05) is 14.1 Å². The third-order valence-electron chi connectivity index (χ3n) is 2.97. The number of hydrogen-bond donors (Lipinski definition) is 2. The molecule has 0 aromatic rings. The Morgan fingerprint density at radius 2 is 1.10 bits per heavy atom. The molecule has 19 heteroatoms. The average molecular weight is 505 g/mol. The fourth-order valence-corrected chi connectivity index (χ4v) is 1.87. The van der Waals surface area contributed by atoms with E-state index < -0.39 is 64.3 Å². The molecule has 0 radical (unpaired) electrons. The van der Waals surface area contributed by atoms with Crippen LogP contribution in [0.15, 0.2) is 0 Å². The maximum absolute atomic E-state index is 13.2. The van der Waals surface area contributed by atoms with E-state index in [1.807, 2.05) is 14.1 Å². The molecule has 2 N–H and O–H groups in total. The van der Waals surface area contributed by atoms with E-state index in [1.54, 1.807) is 0 Å². The van der Waals surface area contributed by atoms with Gasteiger partial charge in [-0.15, -0.1) is 0 Å². The van der Waals surface area contributed by atoms with E-state index in [-0.39, 0.29) is 0 Å². The first-order chi connectivity index (χ1) is 12.8. The summed E-state index contributed by atoms with van der Waals surface area (Å²) < 4.78 is 206. The van der Waals surface area contributed by atoms with Gasteiger partial charge in [0.15, 0.2) is 6.17 Å². The lowest BCUT2D eigenvalue weighted by molar-refractivity contribution is -0.397. The highest BCUT2D eigenvalue weighted by Crippen LogP contribution is 2.59. The van der Waals surface area contributed by atoms with Crippen molar-refractivity contribution in [3.05, 3.63) is 0 Å². The SMILES string of the molecule is CNC.O=S(=O)(O)C(F)(F)C(F)(F)C(F)(F)C(F)(F)C(F)(F)C(F)CCC(F)(F)F. The monoisotopic (exact) mass is 505 g/mol. The maximum Gasteiger partial charge on any atom is 0.438 e. The van der Waals surface area contributed by atoms with Crippen LogP contribution in [0.1, 0.15) is 12.8 Å². The van der Waals surface area contributed by atoms with E-state index in [9.17, 15) is 69.9 Å². The van der Waals surface area contributed by atoms with Crippen molar-refractivity contribution in [3.8, 4) is 0 Å². The molecule has 0 spiro atoms. The van der Waals surface area contributed by atoms with Crippen molar-refractivity contribution >= 4 is 10.1 Å². The molecule has 0 aliphatic carbocycles. The van der Waals surface area contributed by atoms with Crippen LogP contribution in [-0.4, -0.2) is 68.4 Å². The quantitative estimate of drug-likeness (QED) is 0.376. The van der Waals surface area contributed by atoms with E-state index in [1.165, 1.54) is 0 Å². The third-order valence-corrected chi connectivity index (χ3v) is 3.88. The van der Waals surface area contributed by atoms with Crippen LogP contribution in [0, 0.1) is 0 Å². The van der Waals surface area contributed by atoms with Gasteiger partial charge in [-0.1, -0.05) is 0 Å². The fraction of sp³-hybridized carbons (Fsp3) is 1.00. The van der Waals surface area contributed by atoms with Crippen molar-refractivity contribution in [1.82, 2.24) is 5.32 Å². The smallest absolute Gasteiger partial charge is 0.323 e. The van der Waals surface area contributed by atoms with Gasteiger partial charge in [0, 0.05) is 6.42 Å². The summed E-state index contributed by atoms with van der Waals surface area (Å²) >= 11 is 0. The molecule has 0 saturated carbocycles. The molecule has 0 aliphatic rings. The van der Waals surface area contributed by atoms with Crippen LogP contribution in [0.4, 0.5) is 61.5 Å². The predicted octanol–water partition coefficient (Wildman–Crippen LogP) is 4.52. The van der Waals surface area contributed by atoms with Gasteiger partial charge in [-0.25, -0.2) is 4.39 Å². The summed E-state index contributed by atoms with van der Waals surface area (Å²) in [4.78, 5) is 0. The molecule has 0 rings (SSSR count). The molecule has 0 amide bonds. The van der Waals surface area contributed by atoms with Crippen LogP contribution in [0.2, 0.25) is 0 Å². The minimum Gasteiger partial charge on any atom is -0.323 e. The Labute approximate surface area is 159 Å². The van der Waals surface area contributed by atoms with Crippen LogP contribution in [0.5, 0.6) is 0 Å². The molecule has 30 heavy (non-hydrogen) atoms. The summed E-state index contributed by atoms with van der Waals surface area (Å²) in [5.74, 6) is -30.9. The third kappa shape index (κ3) is 5.77. The first-order valence-electron chi connectivity index (χ1n) is 6.95. The Hall–Kier alpha value is -1.11. The summed E-state index contributed by atoms with van der Waals surface area (Å²) in [6.07, 6.45) is -15.6. The number of rotatable bonds is 8. The van der Waals surface area contributed by atoms with E-state index in [4.69, 9.17) is 4.55 Å². The lowest BCUT2D eigenvalue weighted by atomic mass is 9.93.